The van der Waals surface area contributed by atoms with Gasteiger partial charge < -0.3 is 39.6 Å². The lowest BCUT2D eigenvalue weighted by Gasteiger charge is -2.39. The Hall–Kier alpha value is -3.68. The predicted molar refractivity (Wildman–Crippen MR) is 130 cm³/mol. The highest BCUT2D eigenvalue weighted by Gasteiger charge is 2.45. The molecule has 37 heavy (non-hydrogen) atoms. The first-order chi connectivity index (χ1) is 17.7. The Morgan fingerprint density at radius 1 is 1.11 bits per heavy atom. The summed E-state index contributed by atoms with van der Waals surface area (Å²) in [5, 5.41) is 59.0. The number of phenolic OH excluding ortho intramolecular Hbond substituents is 1. The fraction of sp³-hybridized carbons (Fsp3) is 0.360. The molecule has 2 aromatic heterocycles. The smallest absolute Gasteiger partial charge is 0.348 e. The summed E-state index contributed by atoms with van der Waals surface area (Å²) in [6, 6.07) is 8.60. The molecule has 2 aromatic carbocycles. The lowest BCUT2D eigenvalue weighted by molar-refractivity contribution is -0.277. The van der Waals surface area contributed by atoms with Crippen LogP contribution in [0.1, 0.15) is 24.0 Å². The number of aromatic amines is 1. The number of fused-ring (bicyclic) bond motifs is 6. The van der Waals surface area contributed by atoms with Gasteiger partial charge in [0.2, 0.25) is 6.29 Å². The molecule has 6 rings (SSSR count). The normalized spacial score (nSPS) is 26.9. The number of aromatic nitrogens is 4. The average Bonchev–Trinajstić information content (AvgIpc) is 3.43. The Morgan fingerprint density at radius 2 is 1.89 bits per heavy atom. The van der Waals surface area contributed by atoms with E-state index in [0.717, 1.165) is 16.5 Å². The van der Waals surface area contributed by atoms with Crippen LogP contribution in [-0.4, -0.2) is 82.2 Å². The van der Waals surface area contributed by atoms with Gasteiger partial charge in [0.1, 0.15) is 35.9 Å². The average molecular weight is 511 g/mol. The zero-order valence-electron chi connectivity index (χ0n) is 19.9. The standard InChI is InChI=1S/C25H26N4O8/c1-10-12-6-14(18(7-17(12)31)36-24-22(34)21(33)20(32)19(9-30)37-24)23-26-27-25(35)29(23)11-3-4-16-13(5-11)15(10)8-28(16)2/h3-8,10,19-22,24,30-34H,9H2,1-2H3,(H,27,35)/t10?,19-,20+,21+,22-,24?/m1/s1. The monoisotopic (exact) mass is 510 g/mol. The van der Waals surface area contributed by atoms with Crippen LogP contribution in [0.4, 0.5) is 0 Å². The van der Waals surface area contributed by atoms with E-state index >= 15 is 0 Å². The van der Waals surface area contributed by atoms with E-state index in [-0.39, 0.29) is 23.2 Å². The van der Waals surface area contributed by atoms with Crippen molar-refractivity contribution in [3.8, 4) is 28.6 Å². The molecule has 4 heterocycles. The fourth-order valence-corrected chi connectivity index (χ4v) is 5.27. The van der Waals surface area contributed by atoms with Gasteiger partial charge >= 0.3 is 5.69 Å². The van der Waals surface area contributed by atoms with Crippen molar-refractivity contribution in [1.82, 2.24) is 19.3 Å². The fourth-order valence-electron chi connectivity index (χ4n) is 5.27. The molecule has 2 unspecified atom stereocenters. The van der Waals surface area contributed by atoms with Crippen LogP contribution in [0.5, 0.6) is 11.5 Å². The Kier molecular flexibility index (Phi) is 5.40. The van der Waals surface area contributed by atoms with Crippen LogP contribution in [0.25, 0.3) is 28.0 Å². The van der Waals surface area contributed by atoms with E-state index < -0.39 is 43.0 Å². The van der Waals surface area contributed by atoms with Gasteiger partial charge in [-0.3, -0.25) is 0 Å². The second-order valence-corrected chi connectivity index (χ2v) is 9.53. The third kappa shape index (κ3) is 3.49. The van der Waals surface area contributed by atoms with Crippen molar-refractivity contribution >= 4 is 10.9 Å². The van der Waals surface area contributed by atoms with Gasteiger partial charge in [0.05, 0.1) is 17.9 Å². The van der Waals surface area contributed by atoms with Crippen LogP contribution < -0.4 is 10.4 Å². The van der Waals surface area contributed by atoms with Crippen LogP contribution in [0.15, 0.2) is 41.3 Å². The largest absolute Gasteiger partial charge is 0.508 e. The number of nitrogens with zero attached hydrogens (tertiary/aromatic N) is 3. The minimum Gasteiger partial charge on any atom is -0.508 e. The number of aliphatic hydroxyl groups is 4. The second-order valence-electron chi connectivity index (χ2n) is 9.53. The van der Waals surface area contributed by atoms with Gasteiger partial charge in [-0.05, 0) is 29.8 Å². The number of benzene rings is 2. The minimum absolute atomic E-state index is 0.00738. The maximum Gasteiger partial charge on any atom is 0.348 e. The van der Waals surface area contributed by atoms with Gasteiger partial charge in [-0.1, -0.05) is 6.92 Å². The molecule has 12 heteroatoms. The summed E-state index contributed by atoms with van der Waals surface area (Å²) in [5.41, 5.74) is 2.85. The maximum absolute atomic E-state index is 12.9. The maximum atomic E-state index is 12.9. The first kappa shape index (κ1) is 23.7. The SMILES string of the molecule is CC1c2cc(c(OC3O[C@H](CO)[C@H](O)[C@H](O)[C@H]3O)cc2O)-c2n[nH]c(=O)n2-c2ccc3c(c2)c1cn3C. The van der Waals surface area contributed by atoms with Gasteiger partial charge in [-0.15, -0.1) is 0 Å². The lowest BCUT2D eigenvalue weighted by Crippen LogP contribution is -2.60. The number of ether oxygens (including phenoxy) is 2. The Balaban J connectivity index is 1.55. The number of rotatable bonds is 3. The van der Waals surface area contributed by atoms with Crippen LogP contribution in [0, 0.1) is 0 Å². The lowest BCUT2D eigenvalue weighted by atomic mass is 9.90. The number of H-pyrrole nitrogens is 1. The third-order valence-electron chi connectivity index (χ3n) is 7.33. The molecule has 12 nitrogen and oxygen atoms in total. The van der Waals surface area contributed by atoms with E-state index in [2.05, 4.69) is 10.2 Å². The summed E-state index contributed by atoms with van der Waals surface area (Å²) in [6.45, 7) is 1.33. The molecule has 4 aromatic rings. The van der Waals surface area contributed by atoms with Crippen molar-refractivity contribution in [3.63, 3.8) is 0 Å². The summed E-state index contributed by atoms with van der Waals surface area (Å²) < 4.78 is 14.8. The van der Waals surface area contributed by atoms with E-state index in [9.17, 15) is 30.3 Å². The molecule has 0 saturated carbocycles. The minimum atomic E-state index is -1.67. The van der Waals surface area contributed by atoms with Crippen molar-refractivity contribution in [1.29, 1.82) is 0 Å². The number of aliphatic hydroxyl groups excluding tert-OH is 4. The molecular formula is C25H26N4O8. The van der Waals surface area contributed by atoms with Crippen molar-refractivity contribution in [2.45, 2.75) is 43.5 Å². The van der Waals surface area contributed by atoms with Crippen molar-refractivity contribution < 1.29 is 35.0 Å². The zero-order chi connectivity index (χ0) is 26.2. The molecule has 194 valence electrons. The topological polar surface area (TPSA) is 175 Å². The van der Waals surface area contributed by atoms with Gasteiger partial charge in [-0.2, -0.15) is 5.10 Å². The summed E-state index contributed by atoms with van der Waals surface area (Å²) >= 11 is 0. The summed E-state index contributed by atoms with van der Waals surface area (Å²) in [6.07, 6.45) is -5.57. The van der Waals surface area contributed by atoms with E-state index in [4.69, 9.17) is 9.47 Å². The van der Waals surface area contributed by atoms with E-state index in [0.29, 0.717) is 16.8 Å². The quantitative estimate of drug-likeness (QED) is 0.223. The number of aromatic hydroxyl groups is 1. The van der Waals surface area contributed by atoms with Gasteiger partial charge in [0.25, 0.3) is 0 Å². The van der Waals surface area contributed by atoms with Crippen LogP contribution in [-0.2, 0) is 11.8 Å². The molecule has 0 spiro atoms. The van der Waals surface area contributed by atoms with Crippen molar-refractivity contribution in [2.75, 3.05) is 6.61 Å². The van der Waals surface area contributed by atoms with Crippen LogP contribution in [0.2, 0.25) is 0 Å². The van der Waals surface area contributed by atoms with Gasteiger partial charge in [0.15, 0.2) is 5.82 Å². The van der Waals surface area contributed by atoms with Gasteiger partial charge in [-0.25, -0.2) is 14.5 Å². The molecular weight excluding hydrogens is 484 g/mol. The number of phenols is 1. The molecule has 2 aliphatic heterocycles. The van der Waals surface area contributed by atoms with Crippen molar-refractivity contribution in [3.05, 3.63) is 58.1 Å². The van der Waals surface area contributed by atoms with Gasteiger partial charge in [0, 0.05) is 41.7 Å². The van der Waals surface area contributed by atoms with E-state index in [1.165, 1.54) is 10.6 Å². The molecule has 4 bridgehead atoms. The zero-order valence-corrected chi connectivity index (χ0v) is 19.9. The number of hydrogen-bond acceptors (Lipinski definition) is 9. The molecule has 1 fully saturated rings. The second kappa shape index (κ2) is 8.43. The number of aryl methyl sites for hydroxylation is 1. The summed E-state index contributed by atoms with van der Waals surface area (Å²) in [4.78, 5) is 12.9. The Bertz CT molecular complexity index is 1570. The summed E-state index contributed by atoms with van der Waals surface area (Å²) in [5.74, 6) is -0.157. The molecule has 6 N–H and O–H groups in total. The first-order valence-corrected chi connectivity index (χ1v) is 11.8. The summed E-state index contributed by atoms with van der Waals surface area (Å²) in [7, 11) is 1.93. The Labute approximate surface area is 209 Å². The molecule has 0 amide bonds. The number of hydrogen-bond donors (Lipinski definition) is 6. The molecule has 6 atom stereocenters. The van der Waals surface area contributed by atoms with E-state index in [1.807, 2.05) is 36.9 Å². The molecule has 2 aliphatic rings. The highest BCUT2D eigenvalue weighted by atomic mass is 16.7. The third-order valence-corrected chi connectivity index (χ3v) is 7.33. The molecule has 1 saturated heterocycles. The van der Waals surface area contributed by atoms with Crippen LogP contribution >= 0.6 is 0 Å². The Morgan fingerprint density at radius 3 is 2.65 bits per heavy atom. The highest BCUT2D eigenvalue weighted by molar-refractivity contribution is 5.88. The van der Waals surface area contributed by atoms with Crippen molar-refractivity contribution in [2.24, 2.45) is 7.05 Å². The van der Waals surface area contributed by atoms with E-state index in [1.54, 1.807) is 12.1 Å². The van der Waals surface area contributed by atoms with Crippen LogP contribution in [0.3, 0.4) is 0 Å². The number of nitrogens with one attached hydrogen (secondary N) is 1. The molecule has 0 aliphatic carbocycles. The molecule has 0 radical (unpaired) electrons. The predicted octanol–water partition coefficient (Wildman–Crippen LogP) is 0.0688. The first-order valence-electron chi connectivity index (χ1n) is 11.8. The highest BCUT2D eigenvalue weighted by Crippen LogP contribution is 2.44.